The van der Waals surface area contributed by atoms with Gasteiger partial charge in [0.15, 0.2) is 0 Å². The summed E-state index contributed by atoms with van der Waals surface area (Å²) in [5, 5.41) is 8.18. The van der Waals surface area contributed by atoms with Gasteiger partial charge in [0.05, 0.1) is 29.0 Å². The van der Waals surface area contributed by atoms with Crippen LogP contribution in [0.4, 0.5) is 4.79 Å². The van der Waals surface area contributed by atoms with Crippen LogP contribution in [0.1, 0.15) is 23.7 Å². The molecule has 0 saturated carbocycles. The number of nitrogens with one attached hydrogen (secondary N) is 1. The summed E-state index contributed by atoms with van der Waals surface area (Å²) in [5.74, 6) is -0.0914. The minimum absolute atomic E-state index is 0.0914. The smallest absolute Gasteiger partial charge is 0.409 e. The van der Waals surface area contributed by atoms with Gasteiger partial charge in [0.25, 0.3) is 5.91 Å². The maximum Gasteiger partial charge on any atom is 0.409 e. The largest absolute Gasteiger partial charge is 0.449 e. The summed E-state index contributed by atoms with van der Waals surface area (Å²) in [5.41, 5.74) is 4.91. The maximum absolute atomic E-state index is 13.2. The number of pyridine rings is 1. The average Bonchev–Trinajstić information content (AvgIpc) is 3.46. The van der Waals surface area contributed by atoms with Gasteiger partial charge in [-0.25, -0.2) is 9.78 Å². The lowest BCUT2D eigenvalue weighted by atomic mass is 10.0. The van der Waals surface area contributed by atoms with Crippen molar-refractivity contribution in [2.45, 2.75) is 13.3 Å². The molecule has 184 valence electrons. The number of fused-ring (bicyclic) bond motifs is 1. The van der Waals surface area contributed by atoms with Crippen molar-refractivity contribution in [1.82, 2.24) is 25.0 Å². The number of hydrogen-bond acceptors (Lipinski definition) is 5. The zero-order valence-corrected chi connectivity index (χ0v) is 20.7. The number of amides is 2. The summed E-state index contributed by atoms with van der Waals surface area (Å²) in [4.78, 5) is 33.5. The molecule has 1 saturated heterocycles. The van der Waals surface area contributed by atoms with Crippen molar-refractivity contribution in [3.05, 3.63) is 71.5 Å². The Balaban J connectivity index is 1.34. The second-order valence-corrected chi connectivity index (χ2v) is 9.09. The van der Waals surface area contributed by atoms with Crippen molar-refractivity contribution in [3.8, 4) is 22.4 Å². The SMILES string of the molecule is CCCOC(=O)N1CCN(C(=O)c2ccc3c(Cl)cc(-c4ccc(-c5cn[nH]c5)cc4)nc3c2)CC1. The van der Waals surface area contributed by atoms with E-state index in [1.807, 2.05) is 49.5 Å². The summed E-state index contributed by atoms with van der Waals surface area (Å²) in [6.45, 7) is 4.17. The molecule has 1 aliphatic rings. The summed E-state index contributed by atoms with van der Waals surface area (Å²) in [6.07, 6.45) is 4.08. The van der Waals surface area contributed by atoms with Crippen molar-refractivity contribution >= 4 is 34.5 Å². The Morgan fingerprint density at radius 3 is 2.39 bits per heavy atom. The Hall–Kier alpha value is -3.91. The quantitative estimate of drug-likeness (QED) is 0.401. The lowest BCUT2D eigenvalue weighted by Gasteiger charge is -2.34. The number of rotatable bonds is 5. The summed E-state index contributed by atoms with van der Waals surface area (Å²) in [6, 6.07) is 15.3. The first-order valence-electron chi connectivity index (χ1n) is 11.9. The van der Waals surface area contributed by atoms with Gasteiger partial charge in [0.1, 0.15) is 0 Å². The second-order valence-electron chi connectivity index (χ2n) is 8.68. The van der Waals surface area contributed by atoms with E-state index in [-0.39, 0.29) is 12.0 Å². The van der Waals surface area contributed by atoms with Crippen molar-refractivity contribution in [1.29, 1.82) is 0 Å². The number of benzene rings is 2. The van der Waals surface area contributed by atoms with Gasteiger partial charge in [0.2, 0.25) is 0 Å². The van der Waals surface area contributed by atoms with E-state index in [2.05, 4.69) is 10.2 Å². The first-order valence-corrected chi connectivity index (χ1v) is 12.3. The van der Waals surface area contributed by atoms with Crippen LogP contribution >= 0.6 is 11.6 Å². The van der Waals surface area contributed by atoms with Crippen molar-refractivity contribution in [2.75, 3.05) is 32.8 Å². The standard InChI is InChI=1S/C27H26ClN5O3/c1-2-13-36-27(35)33-11-9-32(10-12-33)26(34)20-7-8-22-23(28)15-24(31-25(22)14-20)19-5-3-18(4-6-19)21-16-29-30-17-21/h3-8,14-17H,2,9-13H2,1H3,(H,29,30). The van der Waals surface area contributed by atoms with Gasteiger partial charge in [-0.3, -0.25) is 9.89 Å². The topological polar surface area (TPSA) is 91.4 Å². The molecule has 1 aliphatic heterocycles. The number of ether oxygens (including phenoxy) is 1. The highest BCUT2D eigenvalue weighted by Crippen LogP contribution is 2.30. The number of piperazine rings is 1. The predicted octanol–water partition coefficient (Wildman–Crippen LogP) is 5.25. The lowest BCUT2D eigenvalue weighted by Crippen LogP contribution is -2.50. The number of H-pyrrole nitrogens is 1. The normalized spacial score (nSPS) is 13.7. The molecular weight excluding hydrogens is 478 g/mol. The number of halogens is 1. The Morgan fingerprint density at radius 1 is 0.972 bits per heavy atom. The zero-order valence-electron chi connectivity index (χ0n) is 19.9. The third-order valence-corrected chi connectivity index (χ3v) is 6.59. The van der Waals surface area contributed by atoms with Gasteiger partial charge in [-0.05, 0) is 30.2 Å². The van der Waals surface area contributed by atoms with E-state index in [0.717, 1.165) is 34.2 Å². The van der Waals surface area contributed by atoms with Gasteiger partial charge < -0.3 is 14.5 Å². The maximum atomic E-state index is 13.2. The van der Waals surface area contributed by atoms with Crippen molar-refractivity contribution < 1.29 is 14.3 Å². The zero-order chi connectivity index (χ0) is 25.1. The molecule has 0 spiro atoms. The molecule has 5 rings (SSSR count). The number of aromatic nitrogens is 3. The minimum atomic E-state index is -0.321. The van der Waals surface area contributed by atoms with E-state index < -0.39 is 0 Å². The minimum Gasteiger partial charge on any atom is -0.449 e. The van der Waals surface area contributed by atoms with Crippen LogP contribution in [-0.2, 0) is 4.74 Å². The predicted molar refractivity (Wildman–Crippen MR) is 139 cm³/mol. The Labute approximate surface area is 213 Å². The third kappa shape index (κ3) is 4.90. The fourth-order valence-corrected chi connectivity index (χ4v) is 4.53. The first kappa shape index (κ1) is 23.8. The molecule has 0 bridgehead atoms. The Bertz CT molecular complexity index is 1380. The van der Waals surface area contributed by atoms with E-state index in [1.54, 1.807) is 28.1 Å². The number of hydrogen-bond donors (Lipinski definition) is 1. The number of carbonyl (C=O) groups excluding carboxylic acids is 2. The molecule has 1 fully saturated rings. The molecule has 4 aromatic rings. The monoisotopic (exact) mass is 503 g/mol. The molecular formula is C27H26ClN5O3. The molecule has 9 heteroatoms. The molecule has 0 atom stereocenters. The molecule has 3 heterocycles. The number of aromatic amines is 1. The Morgan fingerprint density at radius 2 is 1.69 bits per heavy atom. The van der Waals surface area contributed by atoms with Gasteiger partial charge >= 0.3 is 6.09 Å². The van der Waals surface area contributed by atoms with E-state index >= 15 is 0 Å². The van der Waals surface area contributed by atoms with Crippen LogP contribution in [0.25, 0.3) is 33.3 Å². The second kappa shape index (κ2) is 10.4. The van der Waals surface area contributed by atoms with Gasteiger partial charge in [0, 0.05) is 54.5 Å². The lowest BCUT2D eigenvalue weighted by molar-refractivity contribution is 0.0560. The van der Waals surface area contributed by atoms with Crippen molar-refractivity contribution in [3.63, 3.8) is 0 Å². The van der Waals surface area contributed by atoms with Gasteiger partial charge in [-0.1, -0.05) is 48.9 Å². The van der Waals surface area contributed by atoms with E-state index in [1.165, 1.54) is 0 Å². The van der Waals surface area contributed by atoms with Crippen LogP contribution in [0.15, 0.2) is 60.9 Å². The first-order chi connectivity index (χ1) is 17.5. The molecule has 0 unspecified atom stereocenters. The van der Waals surface area contributed by atoms with Crippen LogP contribution in [0.2, 0.25) is 5.02 Å². The number of nitrogens with zero attached hydrogens (tertiary/aromatic N) is 4. The highest BCUT2D eigenvalue weighted by atomic mass is 35.5. The fraction of sp³-hybridized carbons (Fsp3) is 0.259. The van der Waals surface area contributed by atoms with E-state index in [9.17, 15) is 9.59 Å². The average molecular weight is 504 g/mol. The van der Waals surface area contributed by atoms with E-state index in [4.69, 9.17) is 21.3 Å². The molecule has 36 heavy (non-hydrogen) atoms. The van der Waals surface area contributed by atoms with Crippen LogP contribution < -0.4 is 0 Å². The van der Waals surface area contributed by atoms with Crippen molar-refractivity contribution in [2.24, 2.45) is 0 Å². The van der Waals surface area contributed by atoms with Crippen LogP contribution in [0, 0.1) is 0 Å². The molecule has 8 nitrogen and oxygen atoms in total. The molecule has 2 aromatic heterocycles. The fourth-order valence-electron chi connectivity index (χ4n) is 4.26. The summed E-state index contributed by atoms with van der Waals surface area (Å²) >= 11 is 6.59. The van der Waals surface area contributed by atoms with Crippen LogP contribution in [-0.4, -0.2) is 69.8 Å². The summed E-state index contributed by atoms with van der Waals surface area (Å²) in [7, 11) is 0. The molecule has 2 amide bonds. The molecule has 0 radical (unpaired) electrons. The number of carbonyl (C=O) groups is 2. The molecule has 0 aliphatic carbocycles. The van der Waals surface area contributed by atoms with Gasteiger partial charge in [-0.2, -0.15) is 5.10 Å². The highest BCUT2D eigenvalue weighted by molar-refractivity contribution is 6.35. The van der Waals surface area contributed by atoms with Gasteiger partial charge in [-0.15, -0.1) is 0 Å². The summed E-state index contributed by atoms with van der Waals surface area (Å²) < 4.78 is 5.20. The molecule has 2 aromatic carbocycles. The Kier molecular flexibility index (Phi) is 6.86. The van der Waals surface area contributed by atoms with E-state index in [0.29, 0.717) is 48.9 Å². The van der Waals surface area contributed by atoms with Crippen LogP contribution in [0.5, 0.6) is 0 Å². The molecule has 1 N–H and O–H groups in total. The van der Waals surface area contributed by atoms with Crippen LogP contribution in [0.3, 0.4) is 0 Å². The highest BCUT2D eigenvalue weighted by Gasteiger charge is 2.26. The third-order valence-electron chi connectivity index (χ3n) is 6.27.